The molecule has 6 nitrogen and oxygen atoms in total. The molecule has 1 aliphatic rings. The molecule has 0 saturated carbocycles. The fraction of sp³-hybridized carbons (Fsp3) is 0.130. The van der Waals surface area contributed by atoms with Crippen LogP contribution in [0.4, 0.5) is 11.4 Å². The van der Waals surface area contributed by atoms with Crippen molar-refractivity contribution in [2.75, 3.05) is 16.8 Å². The van der Waals surface area contributed by atoms with Gasteiger partial charge < -0.3 is 19.7 Å². The molecule has 1 aliphatic heterocycles. The zero-order valence-corrected chi connectivity index (χ0v) is 15.9. The number of amides is 2. The highest BCUT2D eigenvalue weighted by Crippen LogP contribution is 2.34. The van der Waals surface area contributed by atoms with Gasteiger partial charge in [-0.1, -0.05) is 42.5 Å². The van der Waals surface area contributed by atoms with Crippen molar-refractivity contribution in [3.05, 3.63) is 78.9 Å². The van der Waals surface area contributed by atoms with E-state index in [0.29, 0.717) is 28.6 Å². The minimum Gasteiger partial charge on any atom is -0.476 e. The van der Waals surface area contributed by atoms with Gasteiger partial charge in [-0.2, -0.15) is 0 Å². The molecule has 0 unspecified atom stereocenters. The predicted octanol–water partition coefficient (Wildman–Crippen LogP) is 4.23. The summed E-state index contributed by atoms with van der Waals surface area (Å²) in [6.45, 7) is 1.61. The second kappa shape index (κ2) is 8.06. The molecule has 146 valence electrons. The maximum Gasteiger partial charge on any atom is 0.267 e. The first-order chi connectivity index (χ1) is 14.1. The van der Waals surface area contributed by atoms with Gasteiger partial charge in [0.25, 0.3) is 5.91 Å². The molecule has 3 aromatic rings. The van der Waals surface area contributed by atoms with Gasteiger partial charge in [0, 0.05) is 6.92 Å². The summed E-state index contributed by atoms with van der Waals surface area (Å²) in [6.07, 6.45) is -0.835. The van der Waals surface area contributed by atoms with Gasteiger partial charge in [-0.3, -0.25) is 9.59 Å². The average Bonchev–Trinajstić information content (AvgIpc) is 2.75. The highest BCUT2D eigenvalue weighted by Gasteiger charge is 2.32. The van der Waals surface area contributed by atoms with Gasteiger partial charge in [-0.15, -0.1) is 0 Å². The molecule has 1 heterocycles. The fourth-order valence-electron chi connectivity index (χ4n) is 3.16. The van der Waals surface area contributed by atoms with Crippen LogP contribution in [-0.2, 0) is 9.59 Å². The molecule has 0 aromatic heterocycles. The second-order valence-corrected chi connectivity index (χ2v) is 6.60. The quantitative estimate of drug-likeness (QED) is 0.726. The maximum absolute atomic E-state index is 12.9. The largest absolute Gasteiger partial charge is 0.476 e. The van der Waals surface area contributed by atoms with Crippen molar-refractivity contribution >= 4 is 23.2 Å². The van der Waals surface area contributed by atoms with E-state index in [1.807, 2.05) is 48.5 Å². The number of para-hydroxylation sites is 5. The van der Waals surface area contributed by atoms with Crippen molar-refractivity contribution in [2.45, 2.75) is 13.0 Å². The molecule has 1 N–H and O–H groups in total. The first-order valence-electron chi connectivity index (χ1n) is 9.28. The Morgan fingerprint density at radius 3 is 2.45 bits per heavy atom. The van der Waals surface area contributed by atoms with Crippen LogP contribution in [0.5, 0.6) is 17.2 Å². The van der Waals surface area contributed by atoms with Crippen molar-refractivity contribution in [3.8, 4) is 17.2 Å². The van der Waals surface area contributed by atoms with Crippen molar-refractivity contribution in [2.24, 2.45) is 0 Å². The molecule has 4 rings (SSSR count). The van der Waals surface area contributed by atoms with E-state index in [9.17, 15) is 9.59 Å². The lowest BCUT2D eigenvalue weighted by Crippen LogP contribution is -2.48. The van der Waals surface area contributed by atoms with Crippen LogP contribution in [0.1, 0.15) is 6.92 Å². The number of ether oxygens (including phenoxy) is 2. The van der Waals surface area contributed by atoms with Gasteiger partial charge in [-0.25, -0.2) is 0 Å². The normalized spacial score (nSPS) is 15.1. The first kappa shape index (κ1) is 18.6. The van der Waals surface area contributed by atoms with Gasteiger partial charge in [0.2, 0.25) is 5.91 Å². The zero-order valence-electron chi connectivity index (χ0n) is 15.9. The summed E-state index contributed by atoms with van der Waals surface area (Å²) in [5.41, 5.74) is 1.19. The molecule has 2 amide bonds. The Morgan fingerprint density at radius 2 is 1.66 bits per heavy atom. The van der Waals surface area contributed by atoms with E-state index < -0.39 is 6.10 Å². The number of benzene rings is 3. The Kier molecular flexibility index (Phi) is 5.16. The molecule has 3 aromatic carbocycles. The van der Waals surface area contributed by atoms with E-state index in [-0.39, 0.29) is 18.4 Å². The third kappa shape index (κ3) is 4.06. The molecule has 0 spiro atoms. The van der Waals surface area contributed by atoms with E-state index >= 15 is 0 Å². The minimum absolute atomic E-state index is 0.139. The summed E-state index contributed by atoms with van der Waals surface area (Å²) >= 11 is 0. The van der Waals surface area contributed by atoms with Crippen LogP contribution in [-0.4, -0.2) is 24.5 Å². The smallest absolute Gasteiger partial charge is 0.267 e. The van der Waals surface area contributed by atoms with E-state index in [4.69, 9.17) is 9.47 Å². The standard InChI is InChI=1S/C23H20N2O4/c1-16(26)25-15-22(29-21-14-8-6-12-19(21)25)23(27)24-18-11-5-7-13-20(18)28-17-9-3-2-4-10-17/h2-14,22H,15H2,1H3,(H,24,27)/t22-/m0/s1. The summed E-state index contributed by atoms with van der Waals surface area (Å²) in [5.74, 6) is 1.19. The number of hydrogen-bond donors (Lipinski definition) is 1. The summed E-state index contributed by atoms with van der Waals surface area (Å²) in [6, 6.07) is 23.7. The van der Waals surface area contributed by atoms with Gasteiger partial charge in [0.05, 0.1) is 17.9 Å². The number of hydrogen-bond acceptors (Lipinski definition) is 4. The number of nitrogens with zero attached hydrogens (tertiary/aromatic N) is 1. The van der Waals surface area contributed by atoms with Gasteiger partial charge >= 0.3 is 0 Å². The molecule has 0 fully saturated rings. The Morgan fingerprint density at radius 1 is 0.966 bits per heavy atom. The molecule has 1 atom stereocenters. The molecular weight excluding hydrogens is 368 g/mol. The van der Waals surface area contributed by atoms with Crippen molar-refractivity contribution in [1.29, 1.82) is 0 Å². The number of carbonyl (C=O) groups excluding carboxylic acids is 2. The zero-order chi connectivity index (χ0) is 20.2. The summed E-state index contributed by atoms with van der Waals surface area (Å²) in [4.78, 5) is 26.5. The molecular formula is C23H20N2O4. The molecule has 0 bridgehead atoms. The lowest BCUT2D eigenvalue weighted by atomic mass is 10.1. The van der Waals surface area contributed by atoms with E-state index in [1.165, 1.54) is 6.92 Å². The average molecular weight is 388 g/mol. The fourth-order valence-corrected chi connectivity index (χ4v) is 3.16. The van der Waals surface area contributed by atoms with Gasteiger partial charge in [0.15, 0.2) is 11.9 Å². The van der Waals surface area contributed by atoms with Crippen LogP contribution >= 0.6 is 0 Å². The van der Waals surface area contributed by atoms with Crippen LogP contribution in [0.3, 0.4) is 0 Å². The van der Waals surface area contributed by atoms with E-state index in [2.05, 4.69) is 5.32 Å². The second-order valence-electron chi connectivity index (χ2n) is 6.60. The summed E-state index contributed by atoms with van der Waals surface area (Å²) in [5, 5.41) is 2.86. The Labute approximate surface area is 168 Å². The molecule has 0 saturated heterocycles. The summed E-state index contributed by atoms with van der Waals surface area (Å²) < 4.78 is 11.8. The van der Waals surface area contributed by atoms with E-state index in [1.54, 1.807) is 35.2 Å². The number of rotatable bonds is 4. The van der Waals surface area contributed by atoms with E-state index in [0.717, 1.165) is 0 Å². The third-order valence-electron chi connectivity index (χ3n) is 4.56. The Bertz CT molecular complexity index is 1040. The first-order valence-corrected chi connectivity index (χ1v) is 9.28. The lowest BCUT2D eigenvalue weighted by molar-refractivity contribution is -0.123. The van der Waals surface area contributed by atoms with Crippen LogP contribution in [0, 0.1) is 0 Å². The highest BCUT2D eigenvalue weighted by molar-refractivity contribution is 6.00. The monoisotopic (exact) mass is 388 g/mol. The van der Waals surface area contributed by atoms with Gasteiger partial charge in [-0.05, 0) is 36.4 Å². The number of nitrogens with one attached hydrogen (secondary N) is 1. The Hall–Kier alpha value is -3.80. The van der Waals surface area contributed by atoms with Crippen LogP contribution in [0.15, 0.2) is 78.9 Å². The molecule has 0 radical (unpaired) electrons. The topological polar surface area (TPSA) is 67.9 Å². The lowest BCUT2D eigenvalue weighted by Gasteiger charge is -2.33. The number of fused-ring (bicyclic) bond motifs is 1. The highest BCUT2D eigenvalue weighted by atomic mass is 16.5. The number of anilines is 2. The predicted molar refractivity (Wildman–Crippen MR) is 110 cm³/mol. The van der Waals surface area contributed by atoms with Gasteiger partial charge in [0.1, 0.15) is 11.5 Å². The molecule has 29 heavy (non-hydrogen) atoms. The van der Waals surface area contributed by atoms with Crippen LogP contribution < -0.4 is 19.7 Å². The van der Waals surface area contributed by atoms with Crippen molar-refractivity contribution < 1.29 is 19.1 Å². The van der Waals surface area contributed by atoms with Crippen molar-refractivity contribution in [1.82, 2.24) is 0 Å². The van der Waals surface area contributed by atoms with Crippen molar-refractivity contribution in [3.63, 3.8) is 0 Å². The number of carbonyl (C=O) groups is 2. The SMILES string of the molecule is CC(=O)N1C[C@@H](C(=O)Nc2ccccc2Oc2ccccc2)Oc2ccccc21. The molecule has 6 heteroatoms. The van der Waals surface area contributed by atoms with Crippen LogP contribution in [0.25, 0.3) is 0 Å². The van der Waals surface area contributed by atoms with Crippen LogP contribution in [0.2, 0.25) is 0 Å². The minimum atomic E-state index is -0.835. The Balaban J connectivity index is 1.54. The maximum atomic E-state index is 12.9. The summed E-state index contributed by atoms with van der Waals surface area (Å²) in [7, 11) is 0. The third-order valence-corrected chi connectivity index (χ3v) is 4.56. The molecule has 0 aliphatic carbocycles.